The van der Waals surface area contributed by atoms with E-state index in [1.807, 2.05) is 20.8 Å². The van der Waals surface area contributed by atoms with Crippen LogP contribution in [0, 0.1) is 5.92 Å². The molecule has 2 rings (SSSR count). The van der Waals surface area contributed by atoms with Crippen molar-refractivity contribution in [1.82, 2.24) is 4.90 Å². The number of carbonyl (C=O) groups is 2. The normalized spacial score (nSPS) is 25.3. The minimum atomic E-state index is -1.86. The highest BCUT2D eigenvalue weighted by molar-refractivity contribution is 6.73. The fourth-order valence-electron chi connectivity index (χ4n) is 3.29. The molecule has 132 valence electrons. The molecule has 0 aromatic heterocycles. The molecule has 1 saturated heterocycles. The third-order valence-electron chi connectivity index (χ3n) is 5.09. The number of hydrogen-bond acceptors (Lipinski definition) is 4. The lowest BCUT2D eigenvalue weighted by molar-refractivity contribution is -0.163. The molecule has 0 aromatic carbocycles. The molecule has 0 spiro atoms. The van der Waals surface area contributed by atoms with Crippen LogP contribution in [-0.2, 0) is 14.0 Å². The molecular formula is C17H31NO4Si. The molecule has 1 aliphatic carbocycles. The van der Waals surface area contributed by atoms with Crippen LogP contribution >= 0.6 is 0 Å². The van der Waals surface area contributed by atoms with Crippen molar-refractivity contribution in [2.45, 2.75) is 90.3 Å². The minimum Gasteiger partial charge on any atom is -0.443 e. The van der Waals surface area contributed by atoms with Crippen molar-refractivity contribution in [3.8, 4) is 0 Å². The average Bonchev–Trinajstić information content (AvgIpc) is 3.28. The first-order valence-electron chi connectivity index (χ1n) is 8.92. The Hall–Kier alpha value is -0.883. The summed E-state index contributed by atoms with van der Waals surface area (Å²) in [6, 6.07) is 2.91. The number of likely N-dealkylation sites (tertiary alicyclic amines) is 1. The van der Waals surface area contributed by atoms with Crippen LogP contribution < -0.4 is 0 Å². The molecule has 0 radical (unpaired) electrons. The lowest BCUT2D eigenvalue weighted by atomic mass is 9.94. The summed E-state index contributed by atoms with van der Waals surface area (Å²) in [6.07, 6.45) is 1.18. The van der Waals surface area contributed by atoms with Crippen LogP contribution in [0.1, 0.15) is 54.4 Å². The molecule has 0 N–H and O–H groups in total. The Kier molecular flexibility index (Phi) is 5.26. The van der Waals surface area contributed by atoms with Crippen LogP contribution in [0.3, 0.4) is 0 Å². The second-order valence-corrected chi connectivity index (χ2v) is 12.5. The van der Waals surface area contributed by atoms with Crippen molar-refractivity contribution in [2.75, 3.05) is 0 Å². The topological polar surface area (TPSA) is 55.8 Å². The average molecular weight is 342 g/mol. The largest absolute Gasteiger partial charge is 0.443 e. The highest BCUT2D eigenvalue weighted by Gasteiger charge is 2.59. The van der Waals surface area contributed by atoms with E-state index in [4.69, 9.17) is 9.16 Å². The Labute approximate surface area is 140 Å². The van der Waals surface area contributed by atoms with Gasteiger partial charge in [0, 0.05) is 0 Å². The Morgan fingerprint density at radius 1 is 1.17 bits per heavy atom. The second-order valence-electron chi connectivity index (χ2n) is 7.80. The van der Waals surface area contributed by atoms with Gasteiger partial charge in [0.1, 0.15) is 11.7 Å². The van der Waals surface area contributed by atoms with Crippen LogP contribution in [0.4, 0.5) is 4.79 Å². The lowest BCUT2D eigenvalue weighted by Crippen LogP contribution is -2.70. The number of carbonyl (C=O) groups excluding carboxylic acids is 2. The van der Waals surface area contributed by atoms with Crippen LogP contribution in [0.2, 0.25) is 18.1 Å². The van der Waals surface area contributed by atoms with Crippen molar-refractivity contribution in [3.05, 3.63) is 0 Å². The van der Waals surface area contributed by atoms with Gasteiger partial charge in [-0.2, -0.15) is 0 Å². The summed E-state index contributed by atoms with van der Waals surface area (Å²) in [5.74, 6) is 0.186. The zero-order chi connectivity index (χ0) is 17.4. The first-order chi connectivity index (χ1) is 10.7. The van der Waals surface area contributed by atoms with Gasteiger partial charge in [-0.1, -0.05) is 20.8 Å². The Bertz CT molecular complexity index is 457. The highest BCUT2D eigenvalue weighted by atomic mass is 28.4. The predicted molar refractivity (Wildman–Crippen MR) is 91.7 cm³/mol. The molecule has 2 amide bonds. The number of amides is 2. The third kappa shape index (κ3) is 3.79. The number of imide groups is 1. The summed E-state index contributed by atoms with van der Waals surface area (Å²) in [4.78, 5) is 26.2. The van der Waals surface area contributed by atoms with Crippen LogP contribution in [0.15, 0.2) is 0 Å². The lowest BCUT2D eigenvalue weighted by Gasteiger charge is -2.48. The molecule has 1 heterocycles. The summed E-state index contributed by atoms with van der Waals surface area (Å²) in [5, 5.41) is 0. The standard InChI is InChI=1S/C17H31NO4Si/c1-7-23(8-2,9-3)22-14-13(12-10-11-12)18(15(14)19)16(20)21-17(4,5)6/h12-14H,7-11H2,1-6H3. The molecule has 1 saturated carbocycles. The van der Waals surface area contributed by atoms with Gasteiger partial charge in [-0.15, -0.1) is 0 Å². The van der Waals surface area contributed by atoms with Crippen molar-refractivity contribution in [2.24, 2.45) is 5.92 Å². The molecule has 0 aromatic rings. The highest BCUT2D eigenvalue weighted by Crippen LogP contribution is 2.45. The van der Waals surface area contributed by atoms with Gasteiger partial charge < -0.3 is 9.16 Å². The number of β-lactam (4-membered cyclic amide) rings is 1. The van der Waals surface area contributed by atoms with E-state index in [0.717, 1.165) is 31.0 Å². The van der Waals surface area contributed by atoms with Gasteiger partial charge in [0.2, 0.25) is 0 Å². The molecule has 23 heavy (non-hydrogen) atoms. The summed E-state index contributed by atoms with van der Waals surface area (Å²) in [7, 11) is -1.86. The maximum absolute atomic E-state index is 12.6. The molecule has 0 bridgehead atoms. The minimum absolute atomic E-state index is 0.117. The number of rotatable bonds is 6. The maximum atomic E-state index is 12.6. The molecule has 2 atom stereocenters. The monoisotopic (exact) mass is 341 g/mol. The fraction of sp³-hybridized carbons (Fsp3) is 0.882. The van der Waals surface area contributed by atoms with Gasteiger partial charge in [-0.25, -0.2) is 9.69 Å². The van der Waals surface area contributed by atoms with Crippen LogP contribution in [-0.4, -0.2) is 43.0 Å². The molecule has 2 fully saturated rings. The second kappa shape index (κ2) is 6.55. The smallest absolute Gasteiger partial charge is 0.417 e. The van der Waals surface area contributed by atoms with E-state index in [1.54, 1.807) is 0 Å². The zero-order valence-corrected chi connectivity index (χ0v) is 16.3. The maximum Gasteiger partial charge on any atom is 0.417 e. The van der Waals surface area contributed by atoms with Crippen molar-refractivity contribution < 1.29 is 18.8 Å². The van der Waals surface area contributed by atoms with E-state index in [0.29, 0.717) is 5.92 Å². The van der Waals surface area contributed by atoms with Gasteiger partial charge in [-0.3, -0.25) is 4.79 Å². The molecule has 1 aliphatic heterocycles. The Morgan fingerprint density at radius 3 is 2.09 bits per heavy atom. The van der Waals surface area contributed by atoms with Crippen molar-refractivity contribution >= 4 is 20.3 Å². The van der Waals surface area contributed by atoms with Gasteiger partial charge >= 0.3 is 6.09 Å². The number of hydrogen-bond donors (Lipinski definition) is 0. The van der Waals surface area contributed by atoms with Gasteiger partial charge in [-0.05, 0) is 57.7 Å². The van der Waals surface area contributed by atoms with E-state index in [1.165, 1.54) is 4.90 Å². The van der Waals surface area contributed by atoms with E-state index in [-0.39, 0.29) is 11.9 Å². The van der Waals surface area contributed by atoms with Crippen LogP contribution in [0.25, 0.3) is 0 Å². The molecule has 2 unspecified atom stereocenters. The quantitative estimate of drug-likeness (QED) is 0.542. The van der Waals surface area contributed by atoms with E-state index >= 15 is 0 Å². The van der Waals surface area contributed by atoms with Crippen molar-refractivity contribution in [1.29, 1.82) is 0 Å². The summed E-state index contributed by atoms with van der Waals surface area (Å²) >= 11 is 0. The predicted octanol–water partition coefficient (Wildman–Crippen LogP) is 3.93. The van der Waals surface area contributed by atoms with Gasteiger partial charge in [0.25, 0.3) is 5.91 Å². The molecule has 6 heteroatoms. The summed E-state index contributed by atoms with van der Waals surface area (Å²) < 4.78 is 11.8. The van der Waals surface area contributed by atoms with E-state index in [2.05, 4.69) is 20.8 Å². The first-order valence-corrected chi connectivity index (χ1v) is 11.4. The zero-order valence-electron chi connectivity index (χ0n) is 15.3. The van der Waals surface area contributed by atoms with Gasteiger partial charge in [0.15, 0.2) is 8.32 Å². The van der Waals surface area contributed by atoms with Crippen LogP contribution in [0.5, 0.6) is 0 Å². The van der Waals surface area contributed by atoms with Gasteiger partial charge in [0.05, 0.1) is 6.04 Å². The SMILES string of the molecule is CC[Si](CC)(CC)OC1C(=O)N(C(=O)OC(C)(C)C)C1C1CC1. The molecular weight excluding hydrogens is 310 g/mol. The fourth-order valence-corrected chi connectivity index (χ4v) is 6.07. The summed E-state index contributed by atoms with van der Waals surface area (Å²) in [6.45, 7) is 11.9. The molecule has 5 nitrogen and oxygen atoms in total. The van der Waals surface area contributed by atoms with E-state index < -0.39 is 26.1 Å². The Morgan fingerprint density at radius 2 is 1.70 bits per heavy atom. The number of ether oxygens (including phenoxy) is 1. The third-order valence-corrected chi connectivity index (χ3v) is 9.71. The Balaban J connectivity index is 2.11. The molecule has 2 aliphatic rings. The first kappa shape index (κ1) is 18.5. The number of nitrogens with zero attached hydrogens (tertiary/aromatic N) is 1. The summed E-state index contributed by atoms with van der Waals surface area (Å²) in [5.41, 5.74) is -0.591. The van der Waals surface area contributed by atoms with E-state index in [9.17, 15) is 9.59 Å². The van der Waals surface area contributed by atoms with Crippen molar-refractivity contribution in [3.63, 3.8) is 0 Å².